The maximum absolute atomic E-state index is 10.1. The van der Waals surface area contributed by atoms with Crippen LogP contribution in [0.1, 0.15) is 19.8 Å². The molecule has 0 fully saturated rings. The van der Waals surface area contributed by atoms with Gasteiger partial charge in [-0.25, -0.2) is 0 Å². The zero-order valence-corrected chi connectivity index (χ0v) is 7.75. The second kappa shape index (κ2) is 3.87. The standard InChI is InChI=1S/C10H17NO/c1-3-7-10(12)8-5-4-6-9(10)11-2/h4-6,8-9,11-12H,3,7H2,1-2H3. The molecule has 0 aromatic carbocycles. The fourth-order valence-electron chi connectivity index (χ4n) is 1.65. The predicted octanol–water partition coefficient (Wildman–Crippen LogP) is 1.23. The molecule has 0 spiro atoms. The Hall–Kier alpha value is -0.600. The largest absolute Gasteiger partial charge is 0.384 e. The number of likely N-dealkylation sites (N-methyl/N-ethyl adjacent to an activating group) is 1. The van der Waals surface area contributed by atoms with Crippen LogP contribution < -0.4 is 5.32 Å². The second-order valence-corrected chi connectivity index (χ2v) is 3.25. The molecule has 0 bridgehead atoms. The number of hydrogen-bond donors (Lipinski definition) is 2. The lowest BCUT2D eigenvalue weighted by Gasteiger charge is -2.33. The van der Waals surface area contributed by atoms with Gasteiger partial charge in [0.2, 0.25) is 0 Å². The van der Waals surface area contributed by atoms with E-state index in [4.69, 9.17) is 0 Å². The number of aliphatic hydroxyl groups is 1. The van der Waals surface area contributed by atoms with E-state index in [-0.39, 0.29) is 6.04 Å². The summed E-state index contributed by atoms with van der Waals surface area (Å²) in [6.07, 6.45) is 9.54. The van der Waals surface area contributed by atoms with Crippen LogP contribution >= 0.6 is 0 Å². The summed E-state index contributed by atoms with van der Waals surface area (Å²) < 4.78 is 0. The molecule has 0 radical (unpaired) electrons. The quantitative estimate of drug-likeness (QED) is 0.662. The molecule has 2 heteroatoms. The lowest BCUT2D eigenvalue weighted by molar-refractivity contribution is 0.0565. The molecular formula is C10H17NO. The van der Waals surface area contributed by atoms with Gasteiger partial charge in [0, 0.05) is 0 Å². The highest BCUT2D eigenvalue weighted by Gasteiger charge is 2.31. The van der Waals surface area contributed by atoms with Crippen LogP contribution in [0.5, 0.6) is 0 Å². The fraction of sp³-hybridized carbons (Fsp3) is 0.600. The monoisotopic (exact) mass is 167 g/mol. The average molecular weight is 167 g/mol. The summed E-state index contributed by atoms with van der Waals surface area (Å²) in [5, 5.41) is 13.2. The molecule has 2 atom stereocenters. The molecule has 0 amide bonds. The first-order valence-electron chi connectivity index (χ1n) is 4.48. The molecule has 0 saturated carbocycles. The number of allylic oxidation sites excluding steroid dienone is 2. The van der Waals surface area contributed by atoms with E-state index in [1.807, 2.05) is 31.4 Å². The van der Waals surface area contributed by atoms with Gasteiger partial charge in [0.1, 0.15) is 5.60 Å². The summed E-state index contributed by atoms with van der Waals surface area (Å²) in [7, 11) is 1.87. The third-order valence-corrected chi connectivity index (χ3v) is 2.30. The molecule has 0 aromatic rings. The van der Waals surface area contributed by atoms with Crippen molar-refractivity contribution in [3.63, 3.8) is 0 Å². The van der Waals surface area contributed by atoms with E-state index in [2.05, 4.69) is 12.2 Å². The molecule has 1 aliphatic rings. The number of hydrogen-bond acceptors (Lipinski definition) is 2. The molecule has 2 unspecified atom stereocenters. The summed E-state index contributed by atoms with van der Waals surface area (Å²) in [6, 6.07) is 0.0578. The highest BCUT2D eigenvalue weighted by molar-refractivity contribution is 5.24. The summed E-state index contributed by atoms with van der Waals surface area (Å²) in [5.74, 6) is 0. The lowest BCUT2D eigenvalue weighted by atomic mass is 9.86. The molecule has 12 heavy (non-hydrogen) atoms. The maximum Gasteiger partial charge on any atom is 0.102 e. The lowest BCUT2D eigenvalue weighted by Crippen LogP contribution is -2.47. The van der Waals surface area contributed by atoms with Gasteiger partial charge >= 0.3 is 0 Å². The van der Waals surface area contributed by atoms with Gasteiger partial charge in [0.25, 0.3) is 0 Å². The van der Waals surface area contributed by atoms with Crippen molar-refractivity contribution in [2.24, 2.45) is 0 Å². The van der Waals surface area contributed by atoms with Gasteiger partial charge in [-0.3, -0.25) is 0 Å². The number of nitrogens with one attached hydrogen (secondary N) is 1. The Labute approximate surface area is 74.0 Å². The van der Waals surface area contributed by atoms with Crippen molar-refractivity contribution < 1.29 is 5.11 Å². The van der Waals surface area contributed by atoms with E-state index in [9.17, 15) is 5.11 Å². The van der Waals surface area contributed by atoms with Crippen LogP contribution in [0, 0.1) is 0 Å². The highest BCUT2D eigenvalue weighted by Crippen LogP contribution is 2.23. The molecule has 1 rings (SSSR count). The van der Waals surface area contributed by atoms with Gasteiger partial charge in [-0.1, -0.05) is 37.6 Å². The van der Waals surface area contributed by atoms with E-state index < -0.39 is 5.60 Å². The molecule has 0 aromatic heterocycles. The SMILES string of the molecule is CCCC1(O)C=CC=CC1NC. The maximum atomic E-state index is 10.1. The van der Waals surface area contributed by atoms with E-state index in [1.165, 1.54) is 0 Å². The third kappa shape index (κ3) is 1.76. The van der Waals surface area contributed by atoms with Crippen molar-refractivity contribution in [2.75, 3.05) is 7.05 Å². The van der Waals surface area contributed by atoms with Crippen LogP contribution in [0.15, 0.2) is 24.3 Å². The smallest absolute Gasteiger partial charge is 0.102 e. The zero-order chi connectivity index (χ0) is 9.03. The van der Waals surface area contributed by atoms with Crippen molar-refractivity contribution in [3.05, 3.63) is 24.3 Å². The van der Waals surface area contributed by atoms with Crippen molar-refractivity contribution in [1.29, 1.82) is 0 Å². The van der Waals surface area contributed by atoms with Crippen LogP contribution in [0.3, 0.4) is 0 Å². The Bertz CT molecular complexity index is 198. The Morgan fingerprint density at radius 1 is 1.50 bits per heavy atom. The minimum atomic E-state index is -0.682. The molecule has 1 aliphatic carbocycles. The van der Waals surface area contributed by atoms with Crippen LogP contribution in [0.25, 0.3) is 0 Å². The molecule has 68 valence electrons. The van der Waals surface area contributed by atoms with Crippen molar-refractivity contribution in [1.82, 2.24) is 5.32 Å². The Balaban J connectivity index is 2.72. The number of rotatable bonds is 3. The zero-order valence-electron chi connectivity index (χ0n) is 7.75. The van der Waals surface area contributed by atoms with Crippen LogP contribution in [0.4, 0.5) is 0 Å². The van der Waals surface area contributed by atoms with Crippen LogP contribution in [0.2, 0.25) is 0 Å². The molecule has 0 heterocycles. The Kier molecular flexibility index (Phi) is 3.06. The van der Waals surface area contributed by atoms with Gasteiger partial charge in [-0.15, -0.1) is 0 Å². The minimum Gasteiger partial charge on any atom is -0.384 e. The van der Waals surface area contributed by atoms with Crippen LogP contribution in [-0.4, -0.2) is 23.8 Å². The van der Waals surface area contributed by atoms with Gasteiger partial charge < -0.3 is 10.4 Å². The van der Waals surface area contributed by atoms with E-state index >= 15 is 0 Å². The van der Waals surface area contributed by atoms with E-state index in [0.29, 0.717) is 0 Å². The van der Waals surface area contributed by atoms with Gasteiger partial charge in [0.05, 0.1) is 6.04 Å². The average Bonchev–Trinajstić information content (AvgIpc) is 2.05. The first-order chi connectivity index (χ1) is 5.73. The fourth-order valence-corrected chi connectivity index (χ4v) is 1.65. The van der Waals surface area contributed by atoms with Crippen molar-refractivity contribution in [3.8, 4) is 0 Å². The van der Waals surface area contributed by atoms with Crippen molar-refractivity contribution in [2.45, 2.75) is 31.4 Å². The first-order valence-corrected chi connectivity index (χ1v) is 4.48. The highest BCUT2D eigenvalue weighted by atomic mass is 16.3. The minimum absolute atomic E-state index is 0.0578. The van der Waals surface area contributed by atoms with E-state index in [1.54, 1.807) is 0 Å². The molecule has 2 N–H and O–H groups in total. The Morgan fingerprint density at radius 3 is 2.83 bits per heavy atom. The first kappa shape index (κ1) is 9.49. The van der Waals surface area contributed by atoms with Gasteiger partial charge in [-0.05, 0) is 13.5 Å². The molecular weight excluding hydrogens is 150 g/mol. The summed E-state index contributed by atoms with van der Waals surface area (Å²) in [4.78, 5) is 0. The summed E-state index contributed by atoms with van der Waals surface area (Å²) in [6.45, 7) is 2.08. The molecule has 0 saturated heterocycles. The summed E-state index contributed by atoms with van der Waals surface area (Å²) in [5.41, 5.74) is -0.682. The van der Waals surface area contributed by atoms with Gasteiger partial charge in [0.15, 0.2) is 0 Å². The normalized spacial score (nSPS) is 34.1. The topological polar surface area (TPSA) is 32.3 Å². The third-order valence-electron chi connectivity index (χ3n) is 2.30. The predicted molar refractivity (Wildman–Crippen MR) is 51.0 cm³/mol. The van der Waals surface area contributed by atoms with Crippen LogP contribution in [-0.2, 0) is 0 Å². The Morgan fingerprint density at radius 2 is 2.25 bits per heavy atom. The van der Waals surface area contributed by atoms with Gasteiger partial charge in [-0.2, -0.15) is 0 Å². The van der Waals surface area contributed by atoms with E-state index in [0.717, 1.165) is 12.8 Å². The molecule has 0 aliphatic heterocycles. The molecule has 2 nitrogen and oxygen atoms in total. The second-order valence-electron chi connectivity index (χ2n) is 3.25. The van der Waals surface area contributed by atoms with Crippen molar-refractivity contribution >= 4 is 0 Å². The summed E-state index contributed by atoms with van der Waals surface area (Å²) >= 11 is 0.